The summed E-state index contributed by atoms with van der Waals surface area (Å²) in [6.45, 7) is 3.91. The first-order chi connectivity index (χ1) is 8.56. The van der Waals surface area contributed by atoms with Gasteiger partial charge >= 0.3 is 0 Å². The summed E-state index contributed by atoms with van der Waals surface area (Å²) in [5.74, 6) is -0.459. The molecule has 0 radical (unpaired) electrons. The third-order valence-electron chi connectivity index (χ3n) is 2.90. The van der Waals surface area contributed by atoms with Gasteiger partial charge in [0.05, 0.1) is 0 Å². The first-order valence-corrected chi connectivity index (χ1v) is 5.81. The highest BCUT2D eigenvalue weighted by molar-refractivity contribution is 5.45. The molecule has 1 nitrogen and oxygen atoms in total. The molecule has 2 rings (SSSR count). The molecular formula is C15H15F2N. The fourth-order valence-electron chi connectivity index (χ4n) is 1.65. The minimum Gasteiger partial charge on any atom is -0.381 e. The van der Waals surface area contributed by atoms with E-state index in [1.165, 1.54) is 12.1 Å². The molecule has 18 heavy (non-hydrogen) atoms. The highest BCUT2D eigenvalue weighted by Crippen LogP contribution is 2.15. The van der Waals surface area contributed by atoms with E-state index < -0.39 is 0 Å². The molecule has 0 heterocycles. The molecule has 0 bridgehead atoms. The normalized spacial score (nSPS) is 10.4. The van der Waals surface area contributed by atoms with Crippen LogP contribution in [-0.4, -0.2) is 0 Å². The van der Waals surface area contributed by atoms with Crippen LogP contribution >= 0.6 is 0 Å². The lowest BCUT2D eigenvalue weighted by Crippen LogP contribution is -2.01. The van der Waals surface area contributed by atoms with Gasteiger partial charge in [0.1, 0.15) is 11.6 Å². The molecule has 2 aromatic carbocycles. The number of benzene rings is 2. The lowest BCUT2D eigenvalue weighted by molar-refractivity contribution is 0.616. The Morgan fingerprint density at radius 3 is 2.11 bits per heavy atom. The highest BCUT2D eigenvalue weighted by Gasteiger charge is 2.01. The minimum atomic E-state index is -0.241. The van der Waals surface area contributed by atoms with E-state index in [9.17, 15) is 8.78 Å². The Kier molecular flexibility index (Phi) is 3.60. The van der Waals surface area contributed by atoms with E-state index in [2.05, 4.69) is 5.32 Å². The van der Waals surface area contributed by atoms with Crippen molar-refractivity contribution >= 4 is 5.69 Å². The average molecular weight is 247 g/mol. The maximum atomic E-state index is 13.3. The summed E-state index contributed by atoms with van der Waals surface area (Å²) in [6.07, 6.45) is 0. The molecule has 0 unspecified atom stereocenters. The molecule has 0 saturated heterocycles. The largest absolute Gasteiger partial charge is 0.381 e. The molecule has 0 spiro atoms. The fourth-order valence-corrected chi connectivity index (χ4v) is 1.65. The summed E-state index contributed by atoms with van der Waals surface area (Å²) in [4.78, 5) is 0. The first kappa shape index (κ1) is 12.6. The molecule has 0 fully saturated rings. The second-order valence-corrected chi connectivity index (χ2v) is 4.40. The zero-order valence-electron chi connectivity index (χ0n) is 10.4. The van der Waals surface area contributed by atoms with Crippen LogP contribution in [0.2, 0.25) is 0 Å². The van der Waals surface area contributed by atoms with Gasteiger partial charge in [-0.05, 0) is 48.7 Å². The predicted molar refractivity (Wildman–Crippen MR) is 69.6 cm³/mol. The standard InChI is InChI=1S/C15H15F2N/c1-10-3-5-12(7-14(10)16)9-18-13-6-4-11(2)15(17)8-13/h3-8,18H,9H2,1-2H3. The number of halogens is 2. The molecular weight excluding hydrogens is 232 g/mol. The molecule has 2 aromatic rings. The van der Waals surface area contributed by atoms with Crippen molar-refractivity contribution in [3.05, 3.63) is 64.7 Å². The Hall–Kier alpha value is -1.90. The van der Waals surface area contributed by atoms with Gasteiger partial charge < -0.3 is 5.32 Å². The maximum Gasteiger partial charge on any atom is 0.128 e. The van der Waals surface area contributed by atoms with E-state index in [4.69, 9.17) is 0 Å². The van der Waals surface area contributed by atoms with Gasteiger partial charge in [-0.1, -0.05) is 18.2 Å². The monoisotopic (exact) mass is 247 g/mol. The van der Waals surface area contributed by atoms with Crippen molar-refractivity contribution in [1.29, 1.82) is 0 Å². The number of hydrogen-bond donors (Lipinski definition) is 1. The topological polar surface area (TPSA) is 12.0 Å². The predicted octanol–water partition coefficient (Wildman–Crippen LogP) is 4.19. The third kappa shape index (κ3) is 2.86. The van der Waals surface area contributed by atoms with Crippen LogP contribution in [0.25, 0.3) is 0 Å². The summed E-state index contributed by atoms with van der Waals surface area (Å²) in [5, 5.41) is 3.07. The summed E-state index contributed by atoms with van der Waals surface area (Å²) >= 11 is 0. The maximum absolute atomic E-state index is 13.3. The highest BCUT2D eigenvalue weighted by atomic mass is 19.1. The smallest absolute Gasteiger partial charge is 0.128 e. The van der Waals surface area contributed by atoms with Crippen molar-refractivity contribution in [2.75, 3.05) is 5.32 Å². The lowest BCUT2D eigenvalue weighted by Gasteiger charge is -2.08. The van der Waals surface area contributed by atoms with Crippen LogP contribution in [0.1, 0.15) is 16.7 Å². The third-order valence-corrected chi connectivity index (χ3v) is 2.90. The van der Waals surface area contributed by atoms with Crippen molar-refractivity contribution in [3.63, 3.8) is 0 Å². The summed E-state index contributed by atoms with van der Waals surface area (Å²) in [5.41, 5.74) is 2.76. The second-order valence-electron chi connectivity index (χ2n) is 4.40. The zero-order chi connectivity index (χ0) is 13.1. The van der Waals surface area contributed by atoms with Gasteiger partial charge in [-0.3, -0.25) is 0 Å². The van der Waals surface area contributed by atoms with Gasteiger partial charge in [0.2, 0.25) is 0 Å². The fraction of sp³-hybridized carbons (Fsp3) is 0.200. The molecule has 0 aliphatic heterocycles. The van der Waals surface area contributed by atoms with Gasteiger partial charge in [0, 0.05) is 12.2 Å². The summed E-state index contributed by atoms with van der Waals surface area (Å²) in [6, 6.07) is 10.1. The number of nitrogens with one attached hydrogen (secondary N) is 1. The van der Waals surface area contributed by atoms with E-state index in [0.717, 1.165) is 5.56 Å². The van der Waals surface area contributed by atoms with E-state index >= 15 is 0 Å². The van der Waals surface area contributed by atoms with Gasteiger partial charge in [0.25, 0.3) is 0 Å². The average Bonchev–Trinajstić information content (AvgIpc) is 2.35. The minimum absolute atomic E-state index is 0.218. The van der Waals surface area contributed by atoms with E-state index in [0.29, 0.717) is 23.4 Å². The van der Waals surface area contributed by atoms with E-state index in [-0.39, 0.29) is 11.6 Å². The first-order valence-electron chi connectivity index (χ1n) is 5.81. The van der Waals surface area contributed by atoms with E-state index in [1.54, 1.807) is 26.0 Å². The number of aryl methyl sites for hydroxylation is 2. The van der Waals surface area contributed by atoms with Crippen molar-refractivity contribution in [2.24, 2.45) is 0 Å². The van der Waals surface area contributed by atoms with Crippen LogP contribution in [0.4, 0.5) is 14.5 Å². The quantitative estimate of drug-likeness (QED) is 0.857. The van der Waals surface area contributed by atoms with Crippen LogP contribution in [0.5, 0.6) is 0 Å². The molecule has 94 valence electrons. The van der Waals surface area contributed by atoms with E-state index in [1.807, 2.05) is 12.1 Å². The number of rotatable bonds is 3. The van der Waals surface area contributed by atoms with Crippen LogP contribution in [0, 0.1) is 25.5 Å². The Bertz CT molecular complexity index is 513. The lowest BCUT2D eigenvalue weighted by atomic mass is 10.1. The van der Waals surface area contributed by atoms with Crippen LogP contribution in [0.15, 0.2) is 36.4 Å². The zero-order valence-corrected chi connectivity index (χ0v) is 10.4. The van der Waals surface area contributed by atoms with Gasteiger partial charge in [-0.25, -0.2) is 8.78 Å². The molecule has 0 amide bonds. The van der Waals surface area contributed by atoms with Crippen molar-refractivity contribution in [1.82, 2.24) is 0 Å². The number of hydrogen-bond acceptors (Lipinski definition) is 1. The second kappa shape index (κ2) is 5.17. The SMILES string of the molecule is Cc1ccc(CNc2ccc(C)c(F)c2)cc1F. The van der Waals surface area contributed by atoms with Gasteiger partial charge in [0.15, 0.2) is 0 Å². The van der Waals surface area contributed by atoms with Crippen LogP contribution in [0.3, 0.4) is 0 Å². The Morgan fingerprint density at radius 1 is 0.889 bits per heavy atom. The molecule has 3 heteroatoms. The van der Waals surface area contributed by atoms with Crippen molar-refractivity contribution < 1.29 is 8.78 Å². The summed E-state index contributed by atoms with van der Waals surface area (Å²) < 4.78 is 26.7. The van der Waals surface area contributed by atoms with Crippen molar-refractivity contribution in [3.8, 4) is 0 Å². The Morgan fingerprint density at radius 2 is 1.50 bits per heavy atom. The Labute approximate surface area is 105 Å². The molecule has 0 saturated carbocycles. The van der Waals surface area contributed by atoms with Gasteiger partial charge in [-0.2, -0.15) is 0 Å². The molecule has 0 atom stereocenters. The molecule has 0 aliphatic rings. The number of anilines is 1. The Balaban J connectivity index is 2.06. The van der Waals surface area contributed by atoms with Gasteiger partial charge in [-0.15, -0.1) is 0 Å². The molecule has 1 N–H and O–H groups in total. The molecule has 0 aromatic heterocycles. The summed E-state index contributed by atoms with van der Waals surface area (Å²) in [7, 11) is 0. The van der Waals surface area contributed by atoms with Crippen molar-refractivity contribution in [2.45, 2.75) is 20.4 Å². The van der Waals surface area contributed by atoms with Crippen LogP contribution in [-0.2, 0) is 6.54 Å². The molecule has 0 aliphatic carbocycles. The van der Waals surface area contributed by atoms with Crippen LogP contribution < -0.4 is 5.32 Å².